The third-order valence-corrected chi connectivity index (χ3v) is 5.09. The molecule has 1 unspecified atom stereocenters. The first-order valence-corrected chi connectivity index (χ1v) is 12.4. The first-order chi connectivity index (χ1) is 11.9. The minimum atomic E-state index is -1.37. The molecule has 0 spiro atoms. The fraction of sp³-hybridized carbons (Fsp3) is 0.350. The molecule has 3 rings (SSSR count). The first kappa shape index (κ1) is 18.0. The van der Waals surface area contributed by atoms with Crippen LogP contribution in [0.4, 0.5) is 0 Å². The summed E-state index contributed by atoms with van der Waals surface area (Å²) in [7, 11) is -1.37. The number of aromatic nitrogens is 1. The van der Waals surface area contributed by atoms with Crippen molar-refractivity contribution >= 4 is 19.7 Å². The molecule has 0 bridgehead atoms. The van der Waals surface area contributed by atoms with Crippen LogP contribution >= 0.6 is 11.6 Å². The second-order valence-electron chi connectivity index (χ2n) is 7.32. The van der Waals surface area contributed by atoms with E-state index in [0.717, 1.165) is 42.0 Å². The minimum absolute atomic E-state index is 0.204. The van der Waals surface area contributed by atoms with Crippen LogP contribution in [0.3, 0.4) is 0 Å². The zero-order chi connectivity index (χ0) is 17.9. The number of hydrogen-bond donors (Lipinski definition) is 1. The largest absolute Gasteiger partial charge is 0.487 e. The molecule has 3 nitrogen and oxygen atoms in total. The fourth-order valence-electron chi connectivity index (χ4n) is 2.61. The van der Waals surface area contributed by atoms with Crippen molar-refractivity contribution in [3.8, 4) is 28.3 Å². The lowest BCUT2D eigenvalue weighted by Crippen LogP contribution is -2.19. The Balaban J connectivity index is 1.81. The lowest BCUT2D eigenvalue weighted by molar-refractivity contribution is 0.222. The Morgan fingerprint density at radius 2 is 2.00 bits per heavy atom. The summed E-state index contributed by atoms with van der Waals surface area (Å²) in [5.41, 5.74) is 6.31. The molecule has 0 saturated carbocycles. The number of rotatable bonds is 3. The normalized spacial score (nSPS) is 17.0. The summed E-state index contributed by atoms with van der Waals surface area (Å²) in [5, 5.41) is 3.78. The maximum Gasteiger partial charge on any atom is 0.138 e. The number of nitrogens with zero attached hydrogens (tertiary/aromatic N) is 1. The highest BCUT2D eigenvalue weighted by atomic mass is 35.5. The predicted octanol–water partition coefficient (Wildman–Crippen LogP) is 4.37. The molecule has 1 aliphatic rings. The average molecular weight is 371 g/mol. The van der Waals surface area contributed by atoms with Crippen LogP contribution in [-0.4, -0.2) is 32.3 Å². The van der Waals surface area contributed by atoms with Gasteiger partial charge in [0.2, 0.25) is 0 Å². The van der Waals surface area contributed by atoms with E-state index in [9.17, 15) is 0 Å². The Hall–Kier alpha value is -1.80. The van der Waals surface area contributed by atoms with Gasteiger partial charge in [0.05, 0.1) is 6.20 Å². The molecular formula is C20H23ClN2OSi. The standard InChI is InChI=1S/C20H23ClN2OSi/c1-25(2,3)11-9-15-4-6-16(7-5-15)19-12-18(14-23-20(19)21)24-17-8-10-22-13-17/h4-7,12,14,17,22H,8,10,13H2,1-3H3. The van der Waals surface area contributed by atoms with E-state index >= 15 is 0 Å². The predicted molar refractivity (Wildman–Crippen MR) is 107 cm³/mol. The SMILES string of the molecule is C[Si](C)(C)C#Cc1ccc(-c2cc(OC3CCNC3)cnc2Cl)cc1. The summed E-state index contributed by atoms with van der Waals surface area (Å²) in [6.07, 6.45) is 2.91. The van der Waals surface area contributed by atoms with Crippen LogP contribution in [0.25, 0.3) is 11.1 Å². The molecule has 5 heteroatoms. The molecule has 25 heavy (non-hydrogen) atoms. The molecule has 1 saturated heterocycles. The number of nitrogens with one attached hydrogen (secondary N) is 1. The van der Waals surface area contributed by atoms with Gasteiger partial charge in [0.1, 0.15) is 25.1 Å². The smallest absolute Gasteiger partial charge is 0.138 e. The summed E-state index contributed by atoms with van der Waals surface area (Å²) in [6, 6.07) is 10.1. The number of pyridine rings is 1. The van der Waals surface area contributed by atoms with Gasteiger partial charge in [-0.05, 0) is 36.7 Å². The van der Waals surface area contributed by atoms with E-state index in [-0.39, 0.29) is 6.10 Å². The molecule has 130 valence electrons. The van der Waals surface area contributed by atoms with Crippen LogP contribution in [0.5, 0.6) is 5.75 Å². The quantitative estimate of drug-likeness (QED) is 0.495. The fourth-order valence-corrected chi connectivity index (χ4v) is 3.34. The average Bonchev–Trinajstić information content (AvgIpc) is 3.08. The first-order valence-electron chi connectivity index (χ1n) is 8.57. The van der Waals surface area contributed by atoms with Gasteiger partial charge >= 0.3 is 0 Å². The van der Waals surface area contributed by atoms with E-state index in [2.05, 4.69) is 41.4 Å². The third kappa shape index (κ3) is 5.09. The number of hydrogen-bond acceptors (Lipinski definition) is 3. The molecule has 1 N–H and O–H groups in total. The minimum Gasteiger partial charge on any atom is -0.487 e. The highest BCUT2D eigenvalue weighted by Gasteiger charge is 2.17. The monoisotopic (exact) mass is 370 g/mol. The van der Waals surface area contributed by atoms with E-state index in [1.54, 1.807) is 6.20 Å². The van der Waals surface area contributed by atoms with E-state index in [4.69, 9.17) is 16.3 Å². The zero-order valence-corrected chi connectivity index (χ0v) is 16.7. The Morgan fingerprint density at radius 3 is 2.64 bits per heavy atom. The van der Waals surface area contributed by atoms with Crippen molar-refractivity contribution in [3.05, 3.63) is 47.2 Å². The summed E-state index contributed by atoms with van der Waals surface area (Å²) in [6.45, 7) is 8.60. The zero-order valence-electron chi connectivity index (χ0n) is 14.9. The molecule has 0 radical (unpaired) electrons. The molecule has 1 aromatic carbocycles. The van der Waals surface area contributed by atoms with Crippen molar-refractivity contribution in [1.29, 1.82) is 0 Å². The summed E-state index contributed by atoms with van der Waals surface area (Å²) in [5.74, 6) is 4.03. The van der Waals surface area contributed by atoms with Crippen molar-refractivity contribution in [2.24, 2.45) is 0 Å². The molecule has 2 heterocycles. The Morgan fingerprint density at radius 1 is 1.24 bits per heavy atom. The second-order valence-corrected chi connectivity index (χ2v) is 12.4. The van der Waals surface area contributed by atoms with Gasteiger partial charge in [-0.25, -0.2) is 4.98 Å². The molecule has 1 atom stereocenters. The van der Waals surface area contributed by atoms with Crippen molar-refractivity contribution in [1.82, 2.24) is 10.3 Å². The van der Waals surface area contributed by atoms with E-state index in [1.807, 2.05) is 30.3 Å². The van der Waals surface area contributed by atoms with Crippen LogP contribution in [0.15, 0.2) is 36.5 Å². The third-order valence-electron chi connectivity index (χ3n) is 3.91. The lowest BCUT2D eigenvalue weighted by atomic mass is 10.1. The van der Waals surface area contributed by atoms with Gasteiger partial charge in [0.25, 0.3) is 0 Å². The van der Waals surface area contributed by atoms with E-state index < -0.39 is 8.07 Å². The summed E-state index contributed by atoms with van der Waals surface area (Å²) >= 11 is 6.31. The Kier molecular flexibility index (Phi) is 5.48. The van der Waals surface area contributed by atoms with Crippen LogP contribution < -0.4 is 10.1 Å². The maximum atomic E-state index is 6.31. The number of benzene rings is 1. The van der Waals surface area contributed by atoms with Gasteiger partial charge in [-0.1, -0.05) is 49.3 Å². The highest BCUT2D eigenvalue weighted by molar-refractivity contribution is 6.83. The number of halogens is 1. The number of ether oxygens (including phenoxy) is 1. The highest BCUT2D eigenvalue weighted by Crippen LogP contribution is 2.30. The van der Waals surface area contributed by atoms with Crippen LogP contribution in [0.2, 0.25) is 24.8 Å². The van der Waals surface area contributed by atoms with E-state index in [1.165, 1.54) is 0 Å². The van der Waals surface area contributed by atoms with Gasteiger partial charge in [-0.2, -0.15) is 0 Å². The van der Waals surface area contributed by atoms with Gasteiger partial charge in [0.15, 0.2) is 0 Å². The topological polar surface area (TPSA) is 34.1 Å². The van der Waals surface area contributed by atoms with Crippen molar-refractivity contribution in [2.75, 3.05) is 13.1 Å². The van der Waals surface area contributed by atoms with Gasteiger partial charge in [0, 0.05) is 17.7 Å². The van der Waals surface area contributed by atoms with Crippen LogP contribution in [-0.2, 0) is 0 Å². The molecule has 0 amide bonds. The Labute approximate surface area is 155 Å². The molecule has 1 fully saturated rings. The van der Waals surface area contributed by atoms with Crippen molar-refractivity contribution in [3.63, 3.8) is 0 Å². The molecule has 1 aliphatic heterocycles. The van der Waals surface area contributed by atoms with E-state index in [0.29, 0.717) is 5.15 Å². The molecule has 1 aromatic heterocycles. The molecule has 0 aliphatic carbocycles. The molecular weight excluding hydrogens is 348 g/mol. The van der Waals surface area contributed by atoms with Gasteiger partial charge in [-0.3, -0.25) is 0 Å². The second kappa shape index (κ2) is 7.61. The summed E-state index contributed by atoms with van der Waals surface area (Å²) < 4.78 is 5.99. The molecule has 2 aromatic rings. The van der Waals surface area contributed by atoms with Crippen LogP contribution in [0, 0.1) is 11.5 Å². The van der Waals surface area contributed by atoms with Gasteiger partial charge in [-0.15, -0.1) is 5.54 Å². The van der Waals surface area contributed by atoms with Crippen molar-refractivity contribution in [2.45, 2.75) is 32.2 Å². The maximum absolute atomic E-state index is 6.31. The lowest BCUT2D eigenvalue weighted by Gasteiger charge is -2.13. The Bertz CT molecular complexity index is 797. The van der Waals surface area contributed by atoms with Crippen molar-refractivity contribution < 1.29 is 4.74 Å². The van der Waals surface area contributed by atoms with Crippen LogP contribution in [0.1, 0.15) is 12.0 Å². The van der Waals surface area contributed by atoms with Gasteiger partial charge < -0.3 is 10.1 Å². The summed E-state index contributed by atoms with van der Waals surface area (Å²) in [4.78, 5) is 4.29.